The molecule has 1 aromatic carbocycles. The van der Waals surface area contributed by atoms with Crippen LogP contribution in [-0.4, -0.2) is 29.8 Å². The fourth-order valence-electron chi connectivity index (χ4n) is 1.80. The van der Waals surface area contributed by atoms with Gasteiger partial charge in [0.25, 0.3) is 0 Å². The van der Waals surface area contributed by atoms with E-state index in [1.54, 1.807) is 20.1 Å². The summed E-state index contributed by atoms with van der Waals surface area (Å²) in [6.45, 7) is 4.11. The van der Waals surface area contributed by atoms with E-state index in [0.29, 0.717) is 28.8 Å². The van der Waals surface area contributed by atoms with Crippen LogP contribution >= 0.6 is 11.3 Å². The molecule has 0 unspecified atom stereocenters. The van der Waals surface area contributed by atoms with E-state index in [1.165, 1.54) is 0 Å². The van der Waals surface area contributed by atoms with Crippen LogP contribution in [-0.2, 0) is 0 Å². The molecule has 1 heterocycles. The predicted octanol–water partition coefficient (Wildman–Crippen LogP) is 3.22. The molecule has 0 saturated heterocycles. The molecular weight excluding hydrogens is 278 g/mol. The maximum atomic E-state index is 11.1. The number of carbonyl (C=O) groups is 1. The molecule has 0 fully saturated rings. The molecule has 5 nitrogen and oxygen atoms in total. The summed E-state index contributed by atoms with van der Waals surface area (Å²) in [6.07, 6.45) is 0. The summed E-state index contributed by atoms with van der Waals surface area (Å²) in [5.74, 6) is 0.310. The Morgan fingerprint density at radius 3 is 2.70 bits per heavy atom. The van der Waals surface area contributed by atoms with Gasteiger partial charge < -0.3 is 14.6 Å². The number of thiazole rings is 1. The van der Waals surface area contributed by atoms with E-state index in [2.05, 4.69) is 4.98 Å². The van der Waals surface area contributed by atoms with Gasteiger partial charge in [0.15, 0.2) is 11.5 Å². The number of methoxy groups -OCH3 is 1. The second-order valence-electron chi connectivity index (χ2n) is 4.04. The van der Waals surface area contributed by atoms with Gasteiger partial charge in [-0.15, -0.1) is 11.3 Å². The number of ether oxygens (including phenoxy) is 2. The number of rotatable bonds is 5. The number of hydrogen-bond acceptors (Lipinski definition) is 5. The van der Waals surface area contributed by atoms with Gasteiger partial charge in [-0.3, -0.25) is 0 Å². The molecule has 20 heavy (non-hydrogen) atoms. The fourth-order valence-corrected chi connectivity index (χ4v) is 2.70. The lowest BCUT2D eigenvalue weighted by Crippen LogP contribution is -1.95. The fraction of sp³-hybridized carbons (Fsp3) is 0.286. The van der Waals surface area contributed by atoms with Gasteiger partial charge in [-0.2, -0.15) is 0 Å². The van der Waals surface area contributed by atoms with E-state index in [1.807, 2.05) is 19.1 Å². The molecule has 1 N–H and O–H groups in total. The average molecular weight is 293 g/mol. The van der Waals surface area contributed by atoms with Crippen LogP contribution in [0.15, 0.2) is 18.2 Å². The Labute approximate surface area is 120 Å². The van der Waals surface area contributed by atoms with Crippen LogP contribution in [0.2, 0.25) is 0 Å². The Balaban J connectivity index is 2.44. The van der Waals surface area contributed by atoms with Crippen molar-refractivity contribution in [1.29, 1.82) is 0 Å². The molecule has 0 bridgehead atoms. The molecule has 0 amide bonds. The van der Waals surface area contributed by atoms with Crippen LogP contribution < -0.4 is 9.47 Å². The van der Waals surface area contributed by atoms with Crippen LogP contribution in [0.25, 0.3) is 10.6 Å². The van der Waals surface area contributed by atoms with Crippen molar-refractivity contribution < 1.29 is 19.4 Å². The minimum absolute atomic E-state index is 0.258. The van der Waals surface area contributed by atoms with Gasteiger partial charge in [0.2, 0.25) is 0 Å². The van der Waals surface area contributed by atoms with Gasteiger partial charge >= 0.3 is 5.97 Å². The van der Waals surface area contributed by atoms with Crippen molar-refractivity contribution in [1.82, 2.24) is 4.98 Å². The number of aromatic nitrogens is 1. The standard InChI is InChI=1S/C14H15NO4S/c1-4-19-11-7-9(5-6-10(11)18-3)13-15-8(2)12(20-13)14(16)17/h5-7H,4H2,1-3H3,(H,16,17). The zero-order valence-corrected chi connectivity index (χ0v) is 12.3. The molecule has 2 aromatic rings. The van der Waals surface area contributed by atoms with Gasteiger partial charge in [0.1, 0.15) is 9.88 Å². The van der Waals surface area contributed by atoms with Gasteiger partial charge in [0.05, 0.1) is 19.4 Å². The summed E-state index contributed by atoms with van der Waals surface area (Å²) in [5, 5.41) is 9.73. The summed E-state index contributed by atoms with van der Waals surface area (Å²) in [7, 11) is 1.58. The Morgan fingerprint density at radius 2 is 2.15 bits per heavy atom. The molecule has 0 spiro atoms. The molecule has 0 radical (unpaired) electrons. The van der Waals surface area contributed by atoms with Crippen molar-refractivity contribution >= 4 is 17.3 Å². The molecule has 0 aliphatic heterocycles. The van der Waals surface area contributed by atoms with Crippen molar-refractivity contribution in [2.75, 3.05) is 13.7 Å². The molecule has 0 atom stereocenters. The average Bonchev–Trinajstić information content (AvgIpc) is 2.81. The highest BCUT2D eigenvalue weighted by Gasteiger charge is 2.16. The summed E-state index contributed by atoms with van der Waals surface area (Å²) >= 11 is 1.15. The zero-order chi connectivity index (χ0) is 14.7. The molecule has 0 aliphatic rings. The first kappa shape index (κ1) is 14.3. The highest BCUT2D eigenvalue weighted by atomic mass is 32.1. The summed E-state index contributed by atoms with van der Waals surface area (Å²) in [4.78, 5) is 15.6. The predicted molar refractivity (Wildman–Crippen MR) is 77.0 cm³/mol. The second-order valence-corrected chi connectivity index (χ2v) is 5.04. The number of carboxylic acids is 1. The Morgan fingerprint density at radius 1 is 1.40 bits per heavy atom. The smallest absolute Gasteiger partial charge is 0.347 e. The number of aromatic carboxylic acids is 1. The molecule has 6 heteroatoms. The van der Waals surface area contributed by atoms with E-state index in [9.17, 15) is 4.79 Å². The van der Waals surface area contributed by atoms with Gasteiger partial charge in [0, 0.05) is 5.56 Å². The minimum Gasteiger partial charge on any atom is -0.493 e. The molecule has 106 valence electrons. The lowest BCUT2D eigenvalue weighted by atomic mass is 10.2. The van der Waals surface area contributed by atoms with Crippen LogP contribution in [0.4, 0.5) is 0 Å². The maximum absolute atomic E-state index is 11.1. The lowest BCUT2D eigenvalue weighted by Gasteiger charge is -2.09. The second kappa shape index (κ2) is 5.92. The van der Waals surface area contributed by atoms with Crippen LogP contribution in [0, 0.1) is 6.92 Å². The van der Waals surface area contributed by atoms with Crippen LogP contribution in [0.5, 0.6) is 11.5 Å². The van der Waals surface area contributed by atoms with E-state index in [-0.39, 0.29) is 4.88 Å². The minimum atomic E-state index is -0.954. The molecule has 0 saturated carbocycles. The van der Waals surface area contributed by atoms with Gasteiger partial charge in [-0.05, 0) is 32.0 Å². The largest absolute Gasteiger partial charge is 0.493 e. The summed E-state index contributed by atoms with van der Waals surface area (Å²) in [6, 6.07) is 5.44. The summed E-state index contributed by atoms with van der Waals surface area (Å²) in [5.41, 5.74) is 1.33. The molecule has 1 aromatic heterocycles. The van der Waals surface area contributed by atoms with E-state index >= 15 is 0 Å². The Kier molecular flexibility index (Phi) is 4.24. The van der Waals surface area contributed by atoms with Gasteiger partial charge in [-0.1, -0.05) is 0 Å². The third kappa shape index (κ3) is 2.75. The van der Waals surface area contributed by atoms with Crippen molar-refractivity contribution in [3.05, 3.63) is 28.8 Å². The maximum Gasteiger partial charge on any atom is 0.347 e. The third-order valence-electron chi connectivity index (χ3n) is 2.70. The lowest BCUT2D eigenvalue weighted by molar-refractivity contribution is 0.0701. The van der Waals surface area contributed by atoms with Crippen molar-refractivity contribution in [3.63, 3.8) is 0 Å². The molecule has 2 rings (SSSR count). The van der Waals surface area contributed by atoms with E-state index < -0.39 is 5.97 Å². The first-order valence-corrected chi connectivity index (χ1v) is 6.90. The highest BCUT2D eigenvalue weighted by Crippen LogP contribution is 2.35. The number of benzene rings is 1. The van der Waals surface area contributed by atoms with Crippen molar-refractivity contribution in [2.24, 2.45) is 0 Å². The monoisotopic (exact) mass is 293 g/mol. The SMILES string of the molecule is CCOc1cc(-c2nc(C)c(C(=O)O)s2)ccc1OC. The topological polar surface area (TPSA) is 68.7 Å². The number of hydrogen-bond donors (Lipinski definition) is 1. The van der Waals surface area contributed by atoms with Crippen molar-refractivity contribution in [2.45, 2.75) is 13.8 Å². The van der Waals surface area contributed by atoms with E-state index in [4.69, 9.17) is 14.6 Å². The van der Waals surface area contributed by atoms with Crippen LogP contribution in [0.1, 0.15) is 22.3 Å². The highest BCUT2D eigenvalue weighted by molar-refractivity contribution is 7.17. The summed E-state index contributed by atoms with van der Waals surface area (Å²) < 4.78 is 10.7. The van der Waals surface area contributed by atoms with Crippen molar-refractivity contribution in [3.8, 4) is 22.1 Å². The quantitative estimate of drug-likeness (QED) is 0.916. The number of carboxylic acid groups (broad SMARTS) is 1. The normalized spacial score (nSPS) is 10.3. The Hall–Kier alpha value is -2.08. The molecule has 0 aliphatic carbocycles. The van der Waals surface area contributed by atoms with Crippen LogP contribution in [0.3, 0.4) is 0 Å². The first-order chi connectivity index (χ1) is 9.56. The zero-order valence-electron chi connectivity index (χ0n) is 11.5. The third-order valence-corrected chi connectivity index (χ3v) is 3.90. The van der Waals surface area contributed by atoms with Gasteiger partial charge in [-0.25, -0.2) is 9.78 Å². The Bertz CT molecular complexity index is 636. The number of nitrogens with zero attached hydrogens (tertiary/aromatic N) is 1. The van der Waals surface area contributed by atoms with E-state index in [0.717, 1.165) is 16.9 Å². The molecular formula is C14H15NO4S. The first-order valence-electron chi connectivity index (χ1n) is 6.08. The number of aryl methyl sites for hydroxylation is 1.